The van der Waals surface area contributed by atoms with Gasteiger partial charge in [0.2, 0.25) is 0 Å². The standard InChI is InChI=1S/C10H14ClN3O/c1-7-3-5-12-8(2)9(7)14-10(15)13-6-4-11/h3,5H,4,6H2,1-2H3,(H2,13,14,15). The first-order valence-electron chi connectivity index (χ1n) is 4.68. The van der Waals surface area contributed by atoms with E-state index in [4.69, 9.17) is 11.6 Å². The predicted molar refractivity (Wildman–Crippen MR) is 61.5 cm³/mol. The minimum Gasteiger partial charge on any atom is -0.337 e. The van der Waals surface area contributed by atoms with Crippen LogP contribution in [0.1, 0.15) is 11.3 Å². The van der Waals surface area contributed by atoms with Gasteiger partial charge in [-0.2, -0.15) is 0 Å². The number of hydrogen-bond acceptors (Lipinski definition) is 2. The molecule has 1 aromatic heterocycles. The van der Waals surface area contributed by atoms with Crippen molar-refractivity contribution in [3.05, 3.63) is 23.5 Å². The highest BCUT2D eigenvalue weighted by Gasteiger charge is 2.06. The smallest absolute Gasteiger partial charge is 0.319 e. The molecule has 0 radical (unpaired) electrons. The zero-order valence-electron chi connectivity index (χ0n) is 8.80. The van der Waals surface area contributed by atoms with Crippen LogP contribution in [0.25, 0.3) is 0 Å². The van der Waals surface area contributed by atoms with Gasteiger partial charge >= 0.3 is 6.03 Å². The number of urea groups is 1. The summed E-state index contributed by atoms with van der Waals surface area (Å²) >= 11 is 5.46. The maximum Gasteiger partial charge on any atom is 0.319 e. The number of aryl methyl sites for hydroxylation is 2. The highest BCUT2D eigenvalue weighted by molar-refractivity contribution is 6.18. The van der Waals surface area contributed by atoms with Crippen LogP contribution in [0, 0.1) is 13.8 Å². The number of aromatic nitrogens is 1. The second-order valence-electron chi connectivity index (χ2n) is 3.16. The van der Waals surface area contributed by atoms with E-state index in [9.17, 15) is 4.79 Å². The lowest BCUT2D eigenvalue weighted by Gasteiger charge is -2.10. The molecular formula is C10H14ClN3O. The maximum absolute atomic E-state index is 11.4. The summed E-state index contributed by atoms with van der Waals surface area (Å²) in [6.07, 6.45) is 1.71. The Labute approximate surface area is 94.0 Å². The molecule has 82 valence electrons. The fraction of sp³-hybridized carbons (Fsp3) is 0.400. The summed E-state index contributed by atoms with van der Waals surface area (Å²) in [4.78, 5) is 15.5. The van der Waals surface area contributed by atoms with Crippen LogP contribution in [0.4, 0.5) is 10.5 Å². The number of rotatable bonds is 3. The third-order valence-corrected chi connectivity index (χ3v) is 2.16. The quantitative estimate of drug-likeness (QED) is 0.777. The van der Waals surface area contributed by atoms with E-state index >= 15 is 0 Å². The van der Waals surface area contributed by atoms with Crippen LogP contribution < -0.4 is 10.6 Å². The molecule has 0 bridgehead atoms. The Hall–Kier alpha value is -1.29. The average molecular weight is 228 g/mol. The maximum atomic E-state index is 11.4. The topological polar surface area (TPSA) is 54.0 Å². The van der Waals surface area contributed by atoms with Crippen molar-refractivity contribution in [2.24, 2.45) is 0 Å². The monoisotopic (exact) mass is 227 g/mol. The summed E-state index contributed by atoms with van der Waals surface area (Å²) in [6, 6.07) is 1.60. The van der Waals surface area contributed by atoms with Crippen molar-refractivity contribution in [3.63, 3.8) is 0 Å². The molecular weight excluding hydrogens is 214 g/mol. The van der Waals surface area contributed by atoms with Crippen LogP contribution in [-0.2, 0) is 0 Å². The minimum atomic E-state index is -0.255. The molecule has 0 aliphatic rings. The molecule has 1 heterocycles. The molecule has 0 unspecified atom stereocenters. The minimum absolute atomic E-state index is 0.255. The van der Waals surface area contributed by atoms with Crippen LogP contribution in [0.15, 0.2) is 12.3 Å². The summed E-state index contributed by atoms with van der Waals surface area (Å²) in [5, 5.41) is 5.37. The van der Waals surface area contributed by atoms with Gasteiger partial charge in [-0.15, -0.1) is 11.6 Å². The molecule has 0 atom stereocenters. The number of nitrogens with one attached hydrogen (secondary N) is 2. The SMILES string of the molecule is Cc1ccnc(C)c1NC(=O)NCCCl. The fourth-order valence-electron chi connectivity index (χ4n) is 1.20. The lowest BCUT2D eigenvalue weighted by Crippen LogP contribution is -2.30. The summed E-state index contributed by atoms with van der Waals surface area (Å²) < 4.78 is 0. The number of pyridine rings is 1. The number of hydrogen-bond donors (Lipinski definition) is 2. The molecule has 2 amide bonds. The first-order valence-corrected chi connectivity index (χ1v) is 5.21. The Balaban J connectivity index is 2.68. The van der Waals surface area contributed by atoms with Gasteiger partial charge in [-0.05, 0) is 25.5 Å². The molecule has 0 aromatic carbocycles. The molecule has 4 nitrogen and oxygen atoms in total. The lowest BCUT2D eigenvalue weighted by atomic mass is 10.2. The molecule has 0 saturated carbocycles. The van der Waals surface area contributed by atoms with Gasteiger partial charge in [0, 0.05) is 18.6 Å². The van der Waals surface area contributed by atoms with Crippen molar-refractivity contribution in [3.8, 4) is 0 Å². The van der Waals surface area contributed by atoms with Gasteiger partial charge in [0.05, 0.1) is 11.4 Å². The number of anilines is 1. The van der Waals surface area contributed by atoms with E-state index in [0.717, 1.165) is 16.9 Å². The Morgan fingerprint density at radius 1 is 1.53 bits per heavy atom. The van der Waals surface area contributed by atoms with Crippen molar-refractivity contribution >= 4 is 23.3 Å². The Kier molecular flexibility index (Phi) is 4.37. The summed E-state index contributed by atoms with van der Waals surface area (Å²) in [7, 11) is 0. The fourth-order valence-corrected chi connectivity index (χ4v) is 1.30. The van der Waals surface area contributed by atoms with Crippen molar-refractivity contribution in [2.45, 2.75) is 13.8 Å². The molecule has 5 heteroatoms. The van der Waals surface area contributed by atoms with Gasteiger partial charge in [0.25, 0.3) is 0 Å². The number of carbonyl (C=O) groups excluding carboxylic acids is 1. The second kappa shape index (κ2) is 5.56. The highest BCUT2D eigenvalue weighted by Crippen LogP contribution is 2.16. The zero-order valence-corrected chi connectivity index (χ0v) is 9.56. The predicted octanol–water partition coefficient (Wildman–Crippen LogP) is 2.06. The summed E-state index contributed by atoms with van der Waals surface area (Å²) in [5.41, 5.74) is 2.55. The average Bonchev–Trinajstić information content (AvgIpc) is 2.21. The molecule has 1 aromatic rings. The van der Waals surface area contributed by atoms with Crippen LogP contribution >= 0.6 is 11.6 Å². The van der Waals surface area contributed by atoms with E-state index in [1.165, 1.54) is 0 Å². The zero-order chi connectivity index (χ0) is 11.3. The van der Waals surface area contributed by atoms with Gasteiger partial charge < -0.3 is 10.6 Å². The van der Waals surface area contributed by atoms with Crippen molar-refractivity contribution in [2.75, 3.05) is 17.7 Å². The molecule has 2 N–H and O–H groups in total. The first-order chi connectivity index (χ1) is 7.15. The van der Waals surface area contributed by atoms with Crippen LogP contribution in [0.2, 0.25) is 0 Å². The third kappa shape index (κ3) is 3.40. The number of amides is 2. The number of nitrogens with zero attached hydrogens (tertiary/aromatic N) is 1. The van der Waals surface area contributed by atoms with Crippen LogP contribution in [0.3, 0.4) is 0 Å². The van der Waals surface area contributed by atoms with Crippen molar-refractivity contribution in [1.29, 1.82) is 0 Å². The van der Waals surface area contributed by atoms with Gasteiger partial charge in [-0.1, -0.05) is 0 Å². The molecule has 1 rings (SSSR count). The van der Waals surface area contributed by atoms with E-state index in [1.54, 1.807) is 6.20 Å². The molecule has 15 heavy (non-hydrogen) atoms. The van der Waals surface area contributed by atoms with Gasteiger partial charge in [0.1, 0.15) is 0 Å². The molecule has 0 fully saturated rings. The van der Waals surface area contributed by atoms with Crippen molar-refractivity contribution < 1.29 is 4.79 Å². The van der Waals surface area contributed by atoms with Crippen molar-refractivity contribution in [1.82, 2.24) is 10.3 Å². The number of carbonyl (C=O) groups is 1. The normalized spacial score (nSPS) is 9.80. The molecule has 0 aliphatic carbocycles. The summed E-state index contributed by atoms with van der Waals surface area (Å²) in [5.74, 6) is 0.401. The Morgan fingerprint density at radius 2 is 2.27 bits per heavy atom. The molecule has 0 aliphatic heterocycles. The van der Waals surface area contributed by atoms with E-state index in [1.807, 2.05) is 19.9 Å². The summed E-state index contributed by atoms with van der Waals surface area (Å²) in [6.45, 7) is 4.22. The van der Waals surface area contributed by atoms with E-state index in [-0.39, 0.29) is 6.03 Å². The van der Waals surface area contributed by atoms with Crippen LogP contribution in [-0.4, -0.2) is 23.4 Å². The third-order valence-electron chi connectivity index (χ3n) is 1.97. The van der Waals surface area contributed by atoms with Gasteiger partial charge in [-0.25, -0.2) is 4.79 Å². The lowest BCUT2D eigenvalue weighted by molar-refractivity contribution is 0.252. The Bertz CT molecular complexity index is 334. The van der Waals surface area contributed by atoms with Gasteiger partial charge in [0.15, 0.2) is 0 Å². The Morgan fingerprint density at radius 3 is 2.87 bits per heavy atom. The molecule has 0 spiro atoms. The number of halogens is 1. The van der Waals surface area contributed by atoms with Crippen LogP contribution in [0.5, 0.6) is 0 Å². The molecule has 0 saturated heterocycles. The van der Waals surface area contributed by atoms with Gasteiger partial charge in [-0.3, -0.25) is 4.98 Å². The largest absolute Gasteiger partial charge is 0.337 e. The van der Waals surface area contributed by atoms with E-state index in [0.29, 0.717) is 12.4 Å². The first kappa shape index (κ1) is 11.8. The van der Waals surface area contributed by atoms with E-state index in [2.05, 4.69) is 15.6 Å². The van der Waals surface area contributed by atoms with E-state index < -0.39 is 0 Å². The number of alkyl halides is 1. The second-order valence-corrected chi connectivity index (χ2v) is 3.54. The highest BCUT2D eigenvalue weighted by atomic mass is 35.5.